The highest BCUT2D eigenvalue weighted by Crippen LogP contribution is 2.27. The van der Waals surface area contributed by atoms with Gasteiger partial charge >= 0.3 is 0 Å². The van der Waals surface area contributed by atoms with Gasteiger partial charge in [0.05, 0.1) is 0 Å². The Morgan fingerprint density at radius 1 is 0.591 bits per heavy atom. The molecule has 1 nitrogen and oxygen atoms in total. The largest absolute Gasteiger partial charge is 0.508 e. The molecule has 0 heterocycles. The van der Waals surface area contributed by atoms with Gasteiger partial charge in [0, 0.05) is 0 Å². The van der Waals surface area contributed by atoms with Gasteiger partial charge in [0.25, 0.3) is 0 Å². The van der Waals surface area contributed by atoms with Crippen molar-refractivity contribution in [2.75, 3.05) is 0 Å². The molecule has 0 saturated heterocycles. The van der Waals surface area contributed by atoms with Crippen LogP contribution in [0.25, 0.3) is 22.3 Å². The lowest BCUT2D eigenvalue weighted by molar-refractivity contribution is 0.475. The number of phenolic OH excluding ortho intramolecular Hbond substituents is 1. The van der Waals surface area contributed by atoms with Crippen molar-refractivity contribution in [2.45, 2.75) is 20.8 Å². The van der Waals surface area contributed by atoms with Gasteiger partial charge in [0.1, 0.15) is 5.75 Å². The van der Waals surface area contributed by atoms with Crippen molar-refractivity contribution in [1.29, 1.82) is 0 Å². The van der Waals surface area contributed by atoms with Crippen LogP contribution in [0.15, 0.2) is 72.8 Å². The third-order valence-corrected chi connectivity index (χ3v) is 3.39. The lowest BCUT2D eigenvalue weighted by Crippen LogP contribution is -1.82. The van der Waals surface area contributed by atoms with E-state index in [0.717, 1.165) is 16.7 Å². The fourth-order valence-electron chi connectivity index (χ4n) is 2.42. The van der Waals surface area contributed by atoms with E-state index in [2.05, 4.69) is 42.5 Å². The minimum Gasteiger partial charge on any atom is -0.508 e. The SMILES string of the molecule is CC.Cc1cc(O)cc(-c2ccc(-c3ccccc3)cc2)c1. The molecule has 1 heteroatoms. The molecule has 0 bridgehead atoms. The average Bonchev–Trinajstić information content (AvgIpc) is 2.57. The number of benzene rings is 3. The van der Waals surface area contributed by atoms with Crippen LogP contribution in [0.5, 0.6) is 5.75 Å². The maximum Gasteiger partial charge on any atom is 0.116 e. The Labute approximate surface area is 132 Å². The fourth-order valence-corrected chi connectivity index (χ4v) is 2.42. The average molecular weight is 290 g/mol. The second-order valence-corrected chi connectivity index (χ2v) is 5.00. The Balaban J connectivity index is 0.000000847. The van der Waals surface area contributed by atoms with Gasteiger partial charge < -0.3 is 5.11 Å². The van der Waals surface area contributed by atoms with Gasteiger partial charge in [-0.25, -0.2) is 0 Å². The van der Waals surface area contributed by atoms with Crippen LogP contribution in [0.3, 0.4) is 0 Å². The first kappa shape index (κ1) is 15.8. The van der Waals surface area contributed by atoms with Crippen molar-refractivity contribution < 1.29 is 5.11 Å². The van der Waals surface area contributed by atoms with E-state index in [-0.39, 0.29) is 0 Å². The molecule has 22 heavy (non-hydrogen) atoms. The van der Waals surface area contributed by atoms with Crippen LogP contribution in [-0.4, -0.2) is 5.11 Å². The molecule has 3 aromatic carbocycles. The standard InChI is InChI=1S/C19H16O.C2H6/c1-14-11-18(13-19(20)12-14)17-9-7-16(8-10-17)15-5-3-2-4-6-15;1-2/h2-13,20H,1H3;1-2H3. The highest BCUT2D eigenvalue weighted by atomic mass is 16.3. The van der Waals surface area contributed by atoms with Crippen LogP contribution in [0.1, 0.15) is 19.4 Å². The molecule has 3 aromatic rings. The smallest absolute Gasteiger partial charge is 0.116 e. The Morgan fingerprint density at radius 2 is 1.09 bits per heavy atom. The van der Waals surface area contributed by atoms with Gasteiger partial charge in [0.2, 0.25) is 0 Å². The van der Waals surface area contributed by atoms with Crippen molar-refractivity contribution in [2.24, 2.45) is 0 Å². The molecule has 0 aliphatic heterocycles. The first-order valence-electron chi connectivity index (χ1n) is 7.69. The molecule has 0 spiro atoms. The van der Waals surface area contributed by atoms with Gasteiger partial charge in [-0.05, 0) is 46.9 Å². The number of hydrogen-bond donors (Lipinski definition) is 1. The molecule has 0 saturated carbocycles. The second-order valence-electron chi connectivity index (χ2n) is 5.00. The minimum absolute atomic E-state index is 0.312. The molecule has 3 rings (SSSR count). The predicted octanol–water partition coefficient (Wildman–Crippen LogP) is 6.06. The lowest BCUT2D eigenvalue weighted by Gasteiger charge is -2.06. The summed E-state index contributed by atoms with van der Waals surface area (Å²) in [7, 11) is 0. The van der Waals surface area contributed by atoms with Crippen LogP contribution in [0.2, 0.25) is 0 Å². The van der Waals surface area contributed by atoms with Crippen LogP contribution >= 0.6 is 0 Å². The Bertz CT molecular complexity index is 692. The van der Waals surface area contributed by atoms with E-state index >= 15 is 0 Å². The van der Waals surface area contributed by atoms with Crippen molar-refractivity contribution >= 4 is 0 Å². The number of aromatic hydroxyl groups is 1. The number of rotatable bonds is 2. The van der Waals surface area contributed by atoms with Gasteiger partial charge in [0.15, 0.2) is 0 Å². The maximum absolute atomic E-state index is 9.69. The summed E-state index contributed by atoms with van der Waals surface area (Å²) in [5.41, 5.74) is 5.63. The molecule has 0 aromatic heterocycles. The molecule has 1 N–H and O–H groups in total. The van der Waals surface area contributed by atoms with E-state index < -0.39 is 0 Å². The third-order valence-electron chi connectivity index (χ3n) is 3.39. The molecule has 0 radical (unpaired) electrons. The van der Waals surface area contributed by atoms with E-state index in [1.165, 1.54) is 11.1 Å². The molecule has 0 fully saturated rings. The quantitative estimate of drug-likeness (QED) is 0.608. The highest BCUT2D eigenvalue weighted by molar-refractivity contribution is 5.71. The molecule has 112 valence electrons. The highest BCUT2D eigenvalue weighted by Gasteiger charge is 2.02. The summed E-state index contributed by atoms with van der Waals surface area (Å²) in [6.45, 7) is 5.99. The zero-order chi connectivity index (χ0) is 15.9. The van der Waals surface area contributed by atoms with Crippen molar-refractivity contribution in [3.05, 3.63) is 78.4 Å². The summed E-state index contributed by atoms with van der Waals surface area (Å²) in [6, 6.07) is 24.4. The van der Waals surface area contributed by atoms with E-state index in [1.807, 2.05) is 39.0 Å². The normalized spacial score (nSPS) is 9.77. The molecule has 0 amide bonds. The molecule has 0 aliphatic rings. The van der Waals surface area contributed by atoms with E-state index in [0.29, 0.717) is 5.75 Å². The Hall–Kier alpha value is -2.54. The van der Waals surface area contributed by atoms with Crippen molar-refractivity contribution in [3.8, 4) is 28.0 Å². The Kier molecular flexibility index (Phi) is 5.37. The zero-order valence-corrected chi connectivity index (χ0v) is 13.4. The topological polar surface area (TPSA) is 20.2 Å². The van der Waals surface area contributed by atoms with Gasteiger partial charge in [-0.15, -0.1) is 0 Å². The van der Waals surface area contributed by atoms with Crippen LogP contribution in [0, 0.1) is 6.92 Å². The van der Waals surface area contributed by atoms with E-state index in [9.17, 15) is 5.11 Å². The second kappa shape index (κ2) is 7.46. The molecular formula is C21H22O. The fraction of sp³-hybridized carbons (Fsp3) is 0.143. The Morgan fingerprint density at radius 3 is 1.64 bits per heavy atom. The summed E-state index contributed by atoms with van der Waals surface area (Å²) >= 11 is 0. The van der Waals surface area contributed by atoms with Crippen LogP contribution < -0.4 is 0 Å². The summed E-state index contributed by atoms with van der Waals surface area (Å²) in [5.74, 6) is 0.312. The summed E-state index contributed by atoms with van der Waals surface area (Å²) in [6.07, 6.45) is 0. The predicted molar refractivity (Wildman–Crippen MR) is 95.1 cm³/mol. The molecule has 0 aliphatic carbocycles. The van der Waals surface area contributed by atoms with Crippen LogP contribution in [0.4, 0.5) is 0 Å². The van der Waals surface area contributed by atoms with Gasteiger partial charge in [-0.3, -0.25) is 0 Å². The van der Waals surface area contributed by atoms with Gasteiger partial charge in [-0.1, -0.05) is 74.5 Å². The monoisotopic (exact) mass is 290 g/mol. The van der Waals surface area contributed by atoms with Crippen molar-refractivity contribution in [3.63, 3.8) is 0 Å². The summed E-state index contributed by atoms with van der Waals surface area (Å²) < 4.78 is 0. The third kappa shape index (κ3) is 3.76. The molecule has 0 atom stereocenters. The summed E-state index contributed by atoms with van der Waals surface area (Å²) in [5, 5.41) is 9.69. The lowest BCUT2D eigenvalue weighted by atomic mass is 9.99. The number of hydrogen-bond acceptors (Lipinski definition) is 1. The van der Waals surface area contributed by atoms with Crippen LogP contribution in [-0.2, 0) is 0 Å². The first-order chi connectivity index (χ1) is 10.7. The molecular weight excluding hydrogens is 268 g/mol. The van der Waals surface area contributed by atoms with Crippen molar-refractivity contribution in [1.82, 2.24) is 0 Å². The first-order valence-corrected chi connectivity index (χ1v) is 7.69. The maximum atomic E-state index is 9.69. The number of aryl methyl sites for hydroxylation is 1. The van der Waals surface area contributed by atoms with Gasteiger partial charge in [-0.2, -0.15) is 0 Å². The summed E-state index contributed by atoms with van der Waals surface area (Å²) in [4.78, 5) is 0. The van der Waals surface area contributed by atoms with E-state index in [1.54, 1.807) is 12.1 Å². The number of phenols is 1. The molecule has 0 unspecified atom stereocenters. The zero-order valence-electron chi connectivity index (χ0n) is 13.4. The minimum atomic E-state index is 0.312. The van der Waals surface area contributed by atoms with E-state index in [4.69, 9.17) is 0 Å².